The van der Waals surface area contributed by atoms with Crippen LogP contribution in [0.25, 0.3) is 11.1 Å². The van der Waals surface area contributed by atoms with Gasteiger partial charge in [-0.25, -0.2) is 0 Å². The summed E-state index contributed by atoms with van der Waals surface area (Å²) in [7, 11) is 0. The molecule has 0 unspecified atom stereocenters. The highest BCUT2D eigenvalue weighted by molar-refractivity contribution is 5.84. The molecule has 121 valence electrons. The van der Waals surface area contributed by atoms with Crippen molar-refractivity contribution < 1.29 is 5.11 Å². The summed E-state index contributed by atoms with van der Waals surface area (Å²) in [5, 5.41) is 25.8. The SMILES string of the molecule is C[CH]CC(=N)C1CCC(O)(c2ccc(-c3cn[nH]c3)cn2)CC1. The van der Waals surface area contributed by atoms with E-state index in [2.05, 4.69) is 15.2 Å². The minimum absolute atomic E-state index is 0.302. The van der Waals surface area contributed by atoms with Crippen molar-refractivity contribution in [2.45, 2.75) is 44.6 Å². The Labute approximate surface area is 136 Å². The van der Waals surface area contributed by atoms with Gasteiger partial charge in [0.2, 0.25) is 0 Å². The molecule has 3 rings (SSSR count). The molecule has 5 heteroatoms. The van der Waals surface area contributed by atoms with E-state index in [1.54, 1.807) is 12.4 Å². The first kappa shape index (κ1) is 15.9. The van der Waals surface area contributed by atoms with E-state index in [4.69, 9.17) is 5.41 Å². The molecule has 0 aromatic carbocycles. The zero-order valence-electron chi connectivity index (χ0n) is 13.4. The van der Waals surface area contributed by atoms with Crippen LogP contribution in [0.5, 0.6) is 0 Å². The van der Waals surface area contributed by atoms with Crippen LogP contribution in [-0.4, -0.2) is 26.0 Å². The second kappa shape index (κ2) is 6.62. The number of aromatic nitrogens is 3. The lowest BCUT2D eigenvalue weighted by atomic mass is 9.74. The van der Waals surface area contributed by atoms with Gasteiger partial charge >= 0.3 is 0 Å². The van der Waals surface area contributed by atoms with Crippen LogP contribution in [0, 0.1) is 17.7 Å². The van der Waals surface area contributed by atoms with Gasteiger partial charge in [-0.2, -0.15) is 5.10 Å². The quantitative estimate of drug-likeness (QED) is 0.739. The highest BCUT2D eigenvalue weighted by Crippen LogP contribution is 2.39. The smallest absolute Gasteiger partial charge is 0.107 e. The average Bonchev–Trinajstić information content (AvgIpc) is 3.10. The number of nitrogens with one attached hydrogen (secondary N) is 2. The Kier molecular flexibility index (Phi) is 4.57. The molecule has 3 N–H and O–H groups in total. The molecule has 5 nitrogen and oxygen atoms in total. The maximum absolute atomic E-state index is 10.9. The highest BCUT2D eigenvalue weighted by Gasteiger charge is 2.36. The number of H-pyrrole nitrogens is 1. The number of aliphatic hydroxyl groups is 1. The highest BCUT2D eigenvalue weighted by atomic mass is 16.3. The van der Waals surface area contributed by atoms with E-state index >= 15 is 0 Å². The van der Waals surface area contributed by atoms with Crippen molar-refractivity contribution in [3.8, 4) is 11.1 Å². The van der Waals surface area contributed by atoms with Gasteiger partial charge in [0.05, 0.1) is 11.9 Å². The van der Waals surface area contributed by atoms with E-state index in [0.717, 1.165) is 41.8 Å². The summed E-state index contributed by atoms with van der Waals surface area (Å²) in [5.41, 5.74) is 2.64. The lowest BCUT2D eigenvalue weighted by Crippen LogP contribution is -2.34. The normalized spacial score (nSPS) is 24.5. The van der Waals surface area contributed by atoms with Crippen LogP contribution in [0.15, 0.2) is 30.7 Å². The third kappa shape index (κ3) is 3.34. The molecular weight excluding hydrogens is 288 g/mol. The summed E-state index contributed by atoms with van der Waals surface area (Å²) in [6, 6.07) is 3.89. The number of hydrogen-bond donors (Lipinski definition) is 3. The van der Waals surface area contributed by atoms with Crippen LogP contribution < -0.4 is 0 Å². The molecule has 23 heavy (non-hydrogen) atoms. The van der Waals surface area contributed by atoms with Gasteiger partial charge in [0, 0.05) is 29.2 Å². The van der Waals surface area contributed by atoms with Crippen molar-refractivity contribution in [2.75, 3.05) is 0 Å². The van der Waals surface area contributed by atoms with E-state index in [9.17, 15) is 5.11 Å². The van der Waals surface area contributed by atoms with Crippen LogP contribution in [-0.2, 0) is 5.60 Å². The third-order valence-corrected chi connectivity index (χ3v) is 4.80. The minimum Gasteiger partial charge on any atom is -0.384 e. The fourth-order valence-electron chi connectivity index (χ4n) is 3.34. The van der Waals surface area contributed by atoms with Crippen molar-refractivity contribution in [1.29, 1.82) is 5.41 Å². The van der Waals surface area contributed by atoms with E-state index in [1.807, 2.05) is 31.7 Å². The Morgan fingerprint density at radius 3 is 2.70 bits per heavy atom. The second-order valence-electron chi connectivity index (χ2n) is 6.36. The zero-order valence-corrected chi connectivity index (χ0v) is 13.4. The van der Waals surface area contributed by atoms with Gasteiger partial charge in [0.25, 0.3) is 0 Å². The summed E-state index contributed by atoms with van der Waals surface area (Å²) in [5.74, 6) is 0.302. The molecule has 2 heterocycles. The standard InChI is InChI=1S/C18H23N4O/c1-2-3-16(19)13-6-8-18(23,9-7-13)17-5-4-14(10-20-17)15-11-21-22-12-15/h2,4-5,10-13,19,23H,3,6-9H2,1H3,(H,21,22). The third-order valence-electron chi connectivity index (χ3n) is 4.80. The molecule has 0 saturated heterocycles. The van der Waals surface area contributed by atoms with Gasteiger partial charge in [-0.15, -0.1) is 0 Å². The Balaban J connectivity index is 1.68. The minimum atomic E-state index is -0.859. The summed E-state index contributed by atoms with van der Waals surface area (Å²) in [6.45, 7) is 1.99. The number of nitrogens with zero attached hydrogens (tertiary/aromatic N) is 2. The maximum atomic E-state index is 10.9. The van der Waals surface area contributed by atoms with Gasteiger partial charge in [-0.3, -0.25) is 10.1 Å². The lowest BCUT2D eigenvalue weighted by Gasteiger charge is -2.35. The number of pyridine rings is 1. The Bertz CT molecular complexity index is 640. The first-order chi connectivity index (χ1) is 11.1. The van der Waals surface area contributed by atoms with Gasteiger partial charge < -0.3 is 10.5 Å². The number of rotatable bonds is 5. The Morgan fingerprint density at radius 1 is 1.35 bits per heavy atom. The largest absolute Gasteiger partial charge is 0.384 e. The Morgan fingerprint density at radius 2 is 2.13 bits per heavy atom. The van der Waals surface area contributed by atoms with Gasteiger partial charge in [-0.05, 0) is 50.5 Å². The summed E-state index contributed by atoms with van der Waals surface area (Å²) in [6.07, 6.45) is 11.2. The second-order valence-corrected chi connectivity index (χ2v) is 6.36. The van der Waals surface area contributed by atoms with Gasteiger partial charge in [0.15, 0.2) is 0 Å². The van der Waals surface area contributed by atoms with Crippen LogP contribution in [0.2, 0.25) is 0 Å². The fourth-order valence-corrected chi connectivity index (χ4v) is 3.34. The predicted octanol–water partition coefficient (Wildman–Crippen LogP) is 3.48. The van der Waals surface area contributed by atoms with Crippen molar-refractivity contribution >= 4 is 5.71 Å². The molecule has 1 radical (unpaired) electrons. The predicted molar refractivity (Wildman–Crippen MR) is 90.0 cm³/mol. The molecule has 0 atom stereocenters. The molecule has 0 spiro atoms. The van der Waals surface area contributed by atoms with Crippen molar-refractivity contribution in [2.24, 2.45) is 5.92 Å². The van der Waals surface area contributed by atoms with Crippen LogP contribution in [0.3, 0.4) is 0 Å². The molecule has 1 saturated carbocycles. The van der Waals surface area contributed by atoms with Gasteiger partial charge in [0.1, 0.15) is 5.60 Å². The first-order valence-electron chi connectivity index (χ1n) is 8.15. The summed E-state index contributed by atoms with van der Waals surface area (Å²) < 4.78 is 0. The van der Waals surface area contributed by atoms with Crippen LogP contribution in [0.1, 0.15) is 44.7 Å². The van der Waals surface area contributed by atoms with E-state index in [1.165, 1.54) is 0 Å². The van der Waals surface area contributed by atoms with Gasteiger partial charge in [-0.1, -0.05) is 13.0 Å². The molecule has 1 aliphatic carbocycles. The summed E-state index contributed by atoms with van der Waals surface area (Å²) >= 11 is 0. The monoisotopic (exact) mass is 311 g/mol. The molecule has 0 aliphatic heterocycles. The van der Waals surface area contributed by atoms with E-state index in [-0.39, 0.29) is 0 Å². The molecule has 2 aromatic heterocycles. The first-order valence-corrected chi connectivity index (χ1v) is 8.15. The molecule has 0 bridgehead atoms. The van der Waals surface area contributed by atoms with Crippen molar-refractivity contribution in [1.82, 2.24) is 15.2 Å². The van der Waals surface area contributed by atoms with E-state index < -0.39 is 5.60 Å². The van der Waals surface area contributed by atoms with Crippen LogP contribution >= 0.6 is 0 Å². The number of aromatic amines is 1. The maximum Gasteiger partial charge on any atom is 0.107 e. The van der Waals surface area contributed by atoms with Crippen molar-refractivity contribution in [3.05, 3.63) is 42.8 Å². The molecule has 1 fully saturated rings. The lowest BCUT2D eigenvalue weighted by molar-refractivity contribution is -0.0110. The molecule has 2 aromatic rings. The molecule has 0 amide bonds. The molecule has 1 aliphatic rings. The zero-order chi connectivity index (χ0) is 16.3. The van der Waals surface area contributed by atoms with E-state index in [0.29, 0.717) is 18.8 Å². The Hall–Kier alpha value is -2.01. The summed E-state index contributed by atoms with van der Waals surface area (Å²) in [4.78, 5) is 4.48. The topological polar surface area (TPSA) is 85.6 Å². The molecular formula is C18H23N4O. The average molecular weight is 311 g/mol. The van der Waals surface area contributed by atoms with Crippen LogP contribution in [0.4, 0.5) is 0 Å². The fraction of sp³-hybridized carbons (Fsp3) is 0.444. The van der Waals surface area contributed by atoms with Crippen molar-refractivity contribution in [3.63, 3.8) is 0 Å². The number of hydrogen-bond acceptors (Lipinski definition) is 4.